The molecule has 0 saturated carbocycles. The normalized spacial score (nSPS) is 10.5. The monoisotopic (exact) mass is 413 g/mol. The van der Waals surface area contributed by atoms with E-state index in [1.54, 1.807) is 10.3 Å². The highest BCUT2D eigenvalue weighted by Crippen LogP contribution is 2.20. The van der Waals surface area contributed by atoms with Gasteiger partial charge in [-0.05, 0) is 24.6 Å². The van der Waals surface area contributed by atoms with Crippen LogP contribution in [0.5, 0.6) is 0 Å². The third-order valence-electron chi connectivity index (χ3n) is 3.76. The van der Waals surface area contributed by atoms with Gasteiger partial charge >= 0.3 is 12.0 Å². The van der Waals surface area contributed by atoms with Gasteiger partial charge in [0.1, 0.15) is 10.8 Å². The number of carbonyl (C=O) groups excluding carboxylic acids is 2. The third kappa shape index (κ3) is 6.18. The molecule has 0 aliphatic carbocycles. The van der Waals surface area contributed by atoms with Crippen molar-refractivity contribution in [3.63, 3.8) is 0 Å². The number of methoxy groups -OCH3 is 1. The van der Waals surface area contributed by atoms with Crippen LogP contribution in [0.15, 0.2) is 23.6 Å². The molecule has 6 nitrogen and oxygen atoms in total. The number of esters is 1. The third-order valence-corrected chi connectivity index (χ3v) is 4.89. The number of ether oxygens (including phenoxy) is 1. The molecule has 1 N–H and O–H groups in total. The van der Waals surface area contributed by atoms with Gasteiger partial charge in [0, 0.05) is 17.6 Å². The fourth-order valence-corrected chi connectivity index (χ4v) is 3.29. The predicted molar refractivity (Wildman–Crippen MR) is 104 cm³/mol. The molecule has 1 heterocycles. The molecule has 0 spiro atoms. The topological polar surface area (TPSA) is 71.5 Å². The Balaban J connectivity index is 2.09. The molecule has 2 rings (SSSR count). The van der Waals surface area contributed by atoms with E-state index >= 15 is 0 Å². The van der Waals surface area contributed by atoms with Crippen molar-refractivity contribution in [2.75, 3.05) is 19.0 Å². The van der Waals surface area contributed by atoms with Crippen LogP contribution in [-0.4, -0.2) is 35.5 Å². The fraction of sp³-hybridized carbons (Fsp3) is 0.389. The molecule has 0 radical (unpaired) electrons. The maximum Gasteiger partial charge on any atom is 0.357 e. The first-order valence-electron chi connectivity index (χ1n) is 8.48. The number of rotatable bonds is 8. The van der Waals surface area contributed by atoms with Crippen LogP contribution in [0.3, 0.4) is 0 Å². The number of nitrogens with one attached hydrogen (secondary N) is 1. The van der Waals surface area contributed by atoms with Crippen molar-refractivity contribution in [2.45, 2.75) is 32.7 Å². The van der Waals surface area contributed by atoms with Gasteiger partial charge in [0.15, 0.2) is 5.69 Å². The number of urea groups is 1. The van der Waals surface area contributed by atoms with Gasteiger partial charge in [0.2, 0.25) is 0 Å². The molecule has 0 fully saturated rings. The highest BCUT2D eigenvalue weighted by atomic mass is 35.5. The predicted octanol–water partition coefficient (Wildman–Crippen LogP) is 4.95. The SMILES string of the molecule is CCCCCN(Cc1nc(C(=O)OC)cs1)C(=O)Nc1ccc(F)c(Cl)c1. The average molecular weight is 414 g/mol. The number of nitrogens with zero attached hydrogens (tertiary/aromatic N) is 2. The molecule has 1 aromatic carbocycles. The highest BCUT2D eigenvalue weighted by Gasteiger charge is 2.18. The molecule has 9 heteroatoms. The van der Waals surface area contributed by atoms with Gasteiger partial charge in [0.05, 0.1) is 18.7 Å². The first kappa shape index (κ1) is 21.1. The standard InChI is InChI=1S/C18H21ClFN3O3S/c1-3-4-5-8-23(10-16-22-15(11-27-16)17(24)26-2)18(25)21-12-6-7-14(20)13(19)9-12/h6-7,9,11H,3-5,8,10H2,1-2H3,(H,21,25). The quantitative estimate of drug-likeness (QED) is 0.491. The number of hydrogen-bond donors (Lipinski definition) is 1. The number of thiazole rings is 1. The lowest BCUT2D eigenvalue weighted by molar-refractivity contribution is 0.0594. The van der Waals surface area contributed by atoms with Gasteiger partial charge in [-0.15, -0.1) is 11.3 Å². The van der Waals surface area contributed by atoms with Gasteiger partial charge in [0.25, 0.3) is 0 Å². The summed E-state index contributed by atoms with van der Waals surface area (Å²) >= 11 is 7.05. The Morgan fingerprint density at radius 3 is 2.81 bits per heavy atom. The largest absolute Gasteiger partial charge is 0.464 e. The average Bonchev–Trinajstić information content (AvgIpc) is 3.12. The summed E-state index contributed by atoms with van der Waals surface area (Å²) in [5.74, 6) is -1.06. The number of halogens is 2. The lowest BCUT2D eigenvalue weighted by Gasteiger charge is -2.22. The molecule has 0 aliphatic rings. The van der Waals surface area contributed by atoms with Crippen LogP contribution in [-0.2, 0) is 11.3 Å². The zero-order chi connectivity index (χ0) is 19.8. The summed E-state index contributed by atoms with van der Waals surface area (Å²) < 4.78 is 17.9. The van der Waals surface area contributed by atoms with E-state index < -0.39 is 11.8 Å². The Hall–Kier alpha value is -2.19. The summed E-state index contributed by atoms with van der Waals surface area (Å²) in [7, 11) is 1.29. The van der Waals surface area contributed by atoms with E-state index in [2.05, 4.69) is 22.0 Å². The number of carbonyl (C=O) groups is 2. The number of amides is 2. The van der Waals surface area contributed by atoms with E-state index in [4.69, 9.17) is 11.6 Å². The Morgan fingerprint density at radius 2 is 2.15 bits per heavy atom. The molecule has 2 amide bonds. The number of unbranched alkanes of at least 4 members (excludes halogenated alkanes) is 2. The van der Waals surface area contributed by atoms with Gasteiger partial charge < -0.3 is 15.0 Å². The number of benzene rings is 1. The number of aromatic nitrogens is 1. The van der Waals surface area contributed by atoms with Crippen LogP contribution in [0.2, 0.25) is 5.02 Å². The first-order valence-corrected chi connectivity index (χ1v) is 9.74. The van der Waals surface area contributed by atoms with Crippen molar-refractivity contribution >= 4 is 40.6 Å². The Morgan fingerprint density at radius 1 is 1.37 bits per heavy atom. The number of hydrogen-bond acceptors (Lipinski definition) is 5. The van der Waals surface area contributed by atoms with E-state index in [-0.39, 0.29) is 23.3 Å². The lowest BCUT2D eigenvalue weighted by atomic mass is 10.2. The van der Waals surface area contributed by atoms with Gasteiger partial charge in [-0.1, -0.05) is 31.4 Å². The Bertz CT molecular complexity index is 800. The number of anilines is 1. The smallest absolute Gasteiger partial charge is 0.357 e. The van der Waals surface area contributed by atoms with Crippen molar-refractivity contribution in [3.05, 3.63) is 45.1 Å². The molecule has 27 heavy (non-hydrogen) atoms. The van der Waals surface area contributed by atoms with E-state index in [0.29, 0.717) is 17.2 Å². The minimum absolute atomic E-state index is 0.0621. The molecule has 0 unspecified atom stereocenters. The zero-order valence-electron chi connectivity index (χ0n) is 15.1. The van der Waals surface area contributed by atoms with Gasteiger partial charge in [-0.2, -0.15) is 0 Å². The summed E-state index contributed by atoms with van der Waals surface area (Å²) in [6.07, 6.45) is 2.84. The molecular formula is C18H21ClFN3O3S. The minimum Gasteiger partial charge on any atom is -0.464 e. The van der Waals surface area contributed by atoms with Crippen LogP contribution in [0.25, 0.3) is 0 Å². The second-order valence-electron chi connectivity index (χ2n) is 5.81. The highest BCUT2D eigenvalue weighted by molar-refractivity contribution is 7.09. The van der Waals surface area contributed by atoms with Crippen molar-refractivity contribution in [3.8, 4) is 0 Å². The molecule has 1 aromatic heterocycles. The van der Waals surface area contributed by atoms with E-state index in [0.717, 1.165) is 19.3 Å². The van der Waals surface area contributed by atoms with Crippen LogP contribution >= 0.6 is 22.9 Å². The van der Waals surface area contributed by atoms with Crippen molar-refractivity contribution in [2.24, 2.45) is 0 Å². The van der Waals surface area contributed by atoms with Gasteiger partial charge in [-0.3, -0.25) is 0 Å². The van der Waals surface area contributed by atoms with Crippen LogP contribution in [0.4, 0.5) is 14.9 Å². The minimum atomic E-state index is -0.549. The molecule has 0 saturated heterocycles. The maximum absolute atomic E-state index is 13.3. The lowest BCUT2D eigenvalue weighted by Crippen LogP contribution is -2.35. The molecular weight excluding hydrogens is 393 g/mol. The molecule has 0 atom stereocenters. The Labute approximate surface area is 166 Å². The first-order chi connectivity index (χ1) is 12.9. The zero-order valence-corrected chi connectivity index (χ0v) is 16.7. The molecule has 0 bridgehead atoms. The van der Waals surface area contributed by atoms with Crippen molar-refractivity contribution in [1.82, 2.24) is 9.88 Å². The summed E-state index contributed by atoms with van der Waals surface area (Å²) in [6, 6.07) is 3.66. The van der Waals surface area contributed by atoms with Crippen molar-refractivity contribution < 1.29 is 18.7 Å². The molecule has 146 valence electrons. The van der Waals surface area contributed by atoms with Gasteiger partial charge in [-0.25, -0.2) is 19.0 Å². The van der Waals surface area contributed by atoms with E-state index in [1.807, 2.05) is 0 Å². The van der Waals surface area contributed by atoms with Crippen molar-refractivity contribution in [1.29, 1.82) is 0 Å². The van der Waals surface area contributed by atoms with E-state index in [9.17, 15) is 14.0 Å². The van der Waals surface area contributed by atoms with E-state index in [1.165, 1.54) is 36.6 Å². The second-order valence-corrected chi connectivity index (χ2v) is 7.16. The summed E-state index contributed by atoms with van der Waals surface area (Å²) in [5.41, 5.74) is 0.623. The fourth-order valence-electron chi connectivity index (χ4n) is 2.33. The molecule has 2 aromatic rings. The van der Waals surface area contributed by atoms with Crippen LogP contribution < -0.4 is 5.32 Å². The van der Waals surface area contributed by atoms with Crippen LogP contribution in [0, 0.1) is 5.82 Å². The summed E-state index contributed by atoms with van der Waals surface area (Å²) in [4.78, 5) is 30.0. The Kier molecular flexibility index (Phi) is 7.99. The second kappa shape index (κ2) is 10.2. The maximum atomic E-state index is 13.3. The summed E-state index contributed by atoms with van der Waals surface area (Å²) in [6.45, 7) is 2.86. The van der Waals surface area contributed by atoms with Crippen LogP contribution in [0.1, 0.15) is 41.7 Å². The molecule has 0 aliphatic heterocycles. The summed E-state index contributed by atoms with van der Waals surface area (Å²) in [5, 5.41) is 4.88.